The van der Waals surface area contributed by atoms with Gasteiger partial charge in [0, 0.05) is 12.4 Å². The smallest absolute Gasteiger partial charge is 0.329 e. The largest absolute Gasteiger partial charge is 0.480 e. The van der Waals surface area contributed by atoms with Crippen molar-refractivity contribution in [2.24, 2.45) is 0 Å². The van der Waals surface area contributed by atoms with Crippen molar-refractivity contribution in [2.75, 3.05) is 5.32 Å². The van der Waals surface area contributed by atoms with Crippen LogP contribution >= 0.6 is 0 Å². The molecule has 15 heavy (non-hydrogen) atoms. The molecule has 5 nitrogen and oxygen atoms in total. The van der Waals surface area contributed by atoms with E-state index in [1.807, 2.05) is 6.92 Å². The number of aromatic nitrogens is 2. The molecule has 1 heterocycles. The van der Waals surface area contributed by atoms with Gasteiger partial charge >= 0.3 is 5.97 Å². The number of hydrogen-bond donors (Lipinski definition) is 2. The summed E-state index contributed by atoms with van der Waals surface area (Å²) < 4.78 is 0. The van der Waals surface area contributed by atoms with Crippen LogP contribution < -0.4 is 5.32 Å². The lowest BCUT2D eigenvalue weighted by Crippen LogP contribution is -2.52. The molecule has 1 aliphatic carbocycles. The maximum absolute atomic E-state index is 11.1. The van der Waals surface area contributed by atoms with Gasteiger partial charge in [0.25, 0.3) is 0 Å². The van der Waals surface area contributed by atoms with Gasteiger partial charge in [0.1, 0.15) is 11.4 Å². The van der Waals surface area contributed by atoms with Gasteiger partial charge in [0.2, 0.25) is 0 Å². The lowest BCUT2D eigenvalue weighted by atomic mass is 9.77. The average Bonchev–Trinajstić information content (AvgIpc) is 2.13. The number of rotatable bonds is 3. The zero-order valence-electron chi connectivity index (χ0n) is 8.53. The van der Waals surface area contributed by atoms with Gasteiger partial charge in [-0.05, 0) is 26.2 Å². The molecule has 1 saturated carbocycles. The van der Waals surface area contributed by atoms with Gasteiger partial charge in [-0.2, -0.15) is 0 Å². The normalized spacial score (nSPS) is 17.9. The predicted octanol–water partition coefficient (Wildman–Crippen LogP) is 1.20. The number of carboxylic acid groups (broad SMARTS) is 1. The van der Waals surface area contributed by atoms with Crippen molar-refractivity contribution in [2.45, 2.75) is 31.7 Å². The van der Waals surface area contributed by atoms with Crippen LogP contribution in [0.15, 0.2) is 12.4 Å². The first-order valence-electron chi connectivity index (χ1n) is 4.93. The third-order valence-corrected chi connectivity index (χ3v) is 2.86. The van der Waals surface area contributed by atoms with Crippen LogP contribution in [0.4, 0.5) is 5.82 Å². The topological polar surface area (TPSA) is 75.1 Å². The van der Waals surface area contributed by atoms with Crippen molar-refractivity contribution in [1.82, 2.24) is 9.97 Å². The Hall–Kier alpha value is -1.65. The van der Waals surface area contributed by atoms with Gasteiger partial charge in [0.05, 0.1) is 5.69 Å². The fraction of sp³-hybridized carbons (Fsp3) is 0.500. The van der Waals surface area contributed by atoms with Crippen LogP contribution in [0.25, 0.3) is 0 Å². The SMILES string of the molecule is Cc1nccnc1NC1(C(=O)O)CCC1. The van der Waals surface area contributed by atoms with E-state index < -0.39 is 11.5 Å². The Bertz CT molecular complexity index is 388. The Labute approximate surface area is 87.6 Å². The Morgan fingerprint density at radius 3 is 2.60 bits per heavy atom. The number of carbonyl (C=O) groups is 1. The van der Waals surface area contributed by atoms with E-state index >= 15 is 0 Å². The lowest BCUT2D eigenvalue weighted by molar-refractivity contribution is -0.145. The van der Waals surface area contributed by atoms with E-state index in [0.29, 0.717) is 18.7 Å². The first kappa shape index (κ1) is 9.89. The second kappa shape index (κ2) is 3.49. The summed E-state index contributed by atoms with van der Waals surface area (Å²) in [5.41, 5.74) is -0.0918. The van der Waals surface area contributed by atoms with Crippen molar-refractivity contribution >= 4 is 11.8 Å². The quantitative estimate of drug-likeness (QED) is 0.779. The predicted molar refractivity (Wildman–Crippen MR) is 54.6 cm³/mol. The highest BCUT2D eigenvalue weighted by Gasteiger charge is 2.44. The van der Waals surface area contributed by atoms with E-state index in [4.69, 9.17) is 5.11 Å². The molecule has 0 aromatic carbocycles. The summed E-state index contributed by atoms with van der Waals surface area (Å²) in [5.74, 6) is -0.238. The van der Waals surface area contributed by atoms with E-state index in [-0.39, 0.29) is 0 Å². The summed E-state index contributed by atoms with van der Waals surface area (Å²) in [5, 5.41) is 12.1. The van der Waals surface area contributed by atoms with Gasteiger partial charge in [-0.25, -0.2) is 9.78 Å². The van der Waals surface area contributed by atoms with Crippen LogP contribution in [0.5, 0.6) is 0 Å². The standard InChI is InChI=1S/C10H13N3O2/c1-7-8(12-6-5-11-7)13-10(9(14)15)3-2-4-10/h5-6H,2-4H2,1H3,(H,12,13)(H,14,15). The number of hydrogen-bond acceptors (Lipinski definition) is 4. The third-order valence-electron chi connectivity index (χ3n) is 2.86. The summed E-state index contributed by atoms with van der Waals surface area (Å²) in [6.07, 6.45) is 5.40. The molecule has 0 aliphatic heterocycles. The van der Waals surface area contributed by atoms with Crippen molar-refractivity contribution in [1.29, 1.82) is 0 Å². The highest BCUT2D eigenvalue weighted by atomic mass is 16.4. The number of nitrogens with one attached hydrogen (secondary N) is 1. The zero-order chi connectivity index (χ0) is 10.9. The fourth-order valence-electron chi connectivity index (χ4n) is 1.68. The van der Waals surface area contributed by atoms with Crippen molar-refractivity contribution in [3.8, 4) is 0 Å². The molecule has 1 aliphatic rings. The molecule has 0 saturated heterocycles. The summed E-state index contributed by atoms with van der Waals surface area (Å²) in [6, 6.07) is 0. The molecule has 0 bridgehead atoms. The molecule has 1 fully saturated rings. The summed E-state index contributed by atoms with van der Waals surface area (Å²) in [4.78, 5) is 19.3. The van der Waals surface area contributed by atoms with Gasteiger partial charge in [-0.3, -0.25) is 4.98 Å². The Kier molecular flexibility index (Phi) is 2.30. The highest BCUT2D eigenvalue weighted by molar-refractivity contribution is 5.83. The fourth-order valence-corrected chi connectivity index (χ4v) is 1.68. The van der Waals surface area contributed by atoms with Crippen molar-refractivity contribution in [3.63, 3.8) is 0 Å². The van der Waals surface area contributed by atoms with Gasteiger partial charge in [-0.1, -0.05) is 0 Å². The molecule has 2 N–H and O–H groups in total. The van der Waals surface area contributed by atoms with E-state index in [0.717, 1.165) is 12.1 Å². The first-order chi connectivity index (χ1) is 7.14. The molecule has 0 atom stereocenters. The van der Waals surface area contributed by atoms with Gasteiger partial charge in [0.15, 0.2) is 0 Å². The minimum Gasteiger partial charge on any atom is -0.480 e. The molecule has 0 amide bonds. The molecule has 2 rings (SSSR count). The minimum absolute atomic E-state index is 0.569. The second-order valence-electron chi connectivity index (χ2n) is 3.86. The van der Waals surface area contributed by atoms with E-state index in [1.54, 1.807) is 12.4 Å². The van der Waals surface area contributed by atoms with E-state index in [9.17, 15) is 4.79 Å². The van der Waals surface area contributed by atoms with Crippen molar-refractivity contribution < 1.29 is 9.90 Å². The summed E-state index contributed by atoms with van der Waals surface area (Å²) in [7, 11) is 0. The molecule has 5 heteroatoms. The minimum atomic E-state index is -0.819. The number of nitrogens with zero attached hydrogens (tertiary/aromatic N) is 2. The van der Waals surface area contributed by atoms with E-state index in [1.165, 1.54) is 0 Å². The molecule has 0 spiro atoms. The summed E-state index contributed by atoms with van der Waals surface area (Å²) >= 11 is 0. The van der Waals surface area contributed by atoms with Crippen molar-refractivity contribution in [3.05, 3.63) is 18.1 Å². The van der Waals surface area contributed by atoms with Crippen LogP contribution in [0.3, 0.4) is 0 Å². The van der Waals surface area contributed by atoms with Gasteiger partial charge in [-0.15, -0.1) is 0 Å². The average molecular weight is 207 g/mol. The molecule has 1 aromatic rings. The maximum atomic E-state index is 11.1. The molecular weight excluding hydrogens is 194 g/mol. The van der Waals surface area contributed by atoms with E-state index in [2.05, 4.69) is 15.3 Å². The molecule has 1 aromatic heterocycles. The molecule has 0 unspecified atom stereocenters. The van der Waals surface area contributed by atoms with Gasteiger partial charge < -0.3 is 10.4 Å². The monoisotopic (exact) mass is 207 g/mol. The van der Waals surface area contributed by atoms with Crippen LogP contribution in [-0.2, 0) is 4.79 Å². The molecule has 80 valence electrons. The Morgan fingerprint density at radius 2 is 2.13 bits per heavy atom. The first-order valence-corrected chi connectivity index (χ1v) is 4.93. The Balaban J connectivity index is 2.21. The lowest BCUT2D eigenvalue weighted by Gasteiger charge is -2.38. The number of aryl methyl sites for hydroxylation is 1. The molecular formula is C10H13N3O2. The van der Waals surface area contributed by atoms with Crippen LogP contribution in [0, 0.1) is 6.92 Å². The number of aliphatic carboxylic acids is 1. The van der Waals surface area contributed by atoms with Crippen LogP contribution in [0.2, 0.25) is 0 Å². The zero-order valence-corrected chi connectivity index (χ0v) is 8.53. The summed E-state index contributed by atoms with van der Waals surface area (Å²) in [6.45, 7) is 1.81. The van der Waals surface area contributed by atoms with Crippen LogP contribution in [-0.4, -0.2) is 26.6 Å². The number of carboxylic acids is 1. The number of anilines is 1. The second-order valence-corrected chi connectivity index (χ2v) is 3.86. The highest BCUT2D eigenvalue weighted by Crippen LogP contribution is 2.35. The third kappa shape index (κ3) is 1.65. The Morgan fingerprint density at radius 1 is 1.47 bits per heavy atom. The molecule has 0 radical (unpaired) electrons. The maximum Gasteiger partial charge on any atom is 0.329 e. The van der Waals surface area contributed by atoms with Crippen LogP contribution in [0.1, 0.15) is 25.0 Å².